The van der Waals surface area contributed by atoms with Crippen LogP contribution < -0.4 is 0 Å². The van der Waals surface area contributed by atoms with E-state index in [2.05, 4.69) is 18.9 Å². The van der Waals surface area contributed by atoms with Gasteiger partial charge in [-0.25, -0.2) is 0 Å². The highest BCUT2D eigenvalue weighted by Gasteiger charge is 2.14. The van der Waals surface area contributed by atoms with E-state index < -0.39 is 0 Å². The van der Waals surface area contributed by atoms with Crippen LogP contribution in [0.25, 0.3) is 0 Å². The molecule has 0 bridgehead atoms. The van der Waals surface area contributed by atoms with Gasteiger partial charge in [0, 0.05) is 12.3 Å². The monoisotopic (exact) mass is 117 g/mol. The summed E-state index contributed by atoms with van der Waals surface area (Å²) in [6.07, 6.45) is 0. The van der Waals surface area contributed by atoms with Crippen molar-refractivity contribution in [3.05, 3.63) is 0 Å². The van der Waals surface area contributed by atoms with Gasteiger partial charge in [-0.3, -0.25) is 4.90 Å². The van der Waals surface area contributed by atoms with Crippen molar-refractivity contribution in [3.63, 3.8) is 0 Å². The summed E-state index contributed by atoms with van der Waals surface area (Å²) in [5.41, 5.74) is 0. The van der Waals surface area contributed by atoms with Crippen molar-refractivity contribution in [3.8, 4) is 0 Å². The lowest BCUT2D eigenvalue weighted by molar-refractivity contribution is 0.368. The Labute approximate surface area is 49.1 Å². The molecule has 2 heteroatoms. The van der Waals surface area contributed by atoms with Crippen LogP contribution in [0.4, 0.5) is 0 Å². The summed E-state index contributed by atoms with van der Waals surface area (Å²) in [4.78, 5) is 2.37. The smallest absolute Gasteiger partial charge is 0.0526 e. The van der Waals surface area contributed by atoms with Crippen LogP contribution in [0.1, 0.15) is 6.92 Å². The minimum atomic E-state index is 0.764. The summed E-state index contributed by atoms with van der Waals surface area (Å²) >= 11 is 2.03. The van der Waals surface area contributed by atoms with Crippen LogP contribution >= 0.6 is 11.8 Å². The molecule has 1 heterocycles. The highest BCUT2D eigenvalue weighted by Crippen LogP contribution is 2.19. The summed E-state index contributed by atoms with van der Waals surface area (Å²) in [6.45, 7) is 3.52. The average Bonchev–Trinajstić information content (AvgIpc) is 1.91. The van der Waals surface area contributed by atoms with E-state index in [0.29, 0.717) is 0 Å². The number of rotatable bonds is 0. The fraction of sp³-hybridized carbons (Fsp3) is 1.00. The Morgan fingerprint density at radius 3 is 2.57 bits per heavy atom. The summed E-state index contributed by atoms with van der Waals surface area (Å²) in [5, 5.41) is 0.764. The molecule has 1 nitrogen and oxygen atoms in total. The fourth-order valence-corrected chi connectivity index (χ4v) is 1.77. The maximum atomic E-state index is 2.37. The Kier molecular flexibility index (Phi) is 1.60. The maximum absolute atomic E-state index is 2.37. The van der Waals surface area contributed by atoms with Crippen molar-refractivity contribution >= 4 is 11.8 Å². The van der Waals surface area contributed by atoms with Gasteiger partial charge in [-0.1, -0.05) is 0 Å². The molecule has 0 saturated carbocycles. The third kappa shape index (κ3) is 1.10. The first-order valence-corrected chi connectivity index (χ1v) is 3.67. The predicted octanol–water partition coefficient (Wildman–Crippen LogP) is 1.01. The molecule has 1 saturated heterocycles. The van der Waals surface area contributed by atoms with E-state index in [0.717, 1.165) is 5.37 Å². The summed E-state index contributed by atoms with van der Waals surface area (Å²) in [6, 6.07) is 0. The van der Waals surface area contributed by atoms with Gasteiger partial charge in [-0.05, 0) is 14.0 Å². The molecule has 0 N–H and O–H groups in total. The minimum absolute atomic E-state index is 0.764. The summed E-state index contributed by atoms with van der Waals surface area (Å²) in [5.74, 6) is 1.32. The van der Waals surface area contributed by atoms with Crippen LogP contribution in [-0.4, -0.2) is 29.6 Å². The zero-order chi connectivity index (χ0) is 5.28. The van der Waals surface area contributed by atoms with Gasteiger partial charge in [-0.15, -0.1) is 11.8 Å². The Hall–Kier alpha value is 0.310. The number of thioether (sulfide) groups is 1. The highest BCUT2D eigenvalue weighted by atomic mass is 32.2. The quantitative estimate of drug-likeness (QED) is 0.466. The topological polar surface area (TPSA) is 3.24 Å². The average molecular weight is 117 g/mol. The highest BCUT2D eigenvalue weighted by molar-refractivity contribution is 8.00. The lowest BCUT2D eigenvalue weighted by Gasteiger charge is -2.10. The van der Waals surface area contributed by atoms with Crippen molar-refractivity contribution < 1.29 is 0 Å². The number of nitrogens with zero attached hydrogens (tertiary/aromatic N) is 1. The number of hydrogen-bond donors (Lipinski definition) is 0. The van der Waals surface area contributed by atoms with E-state index in [1.807, 2.05) is 11.8 Å². The van der Waals surface area contributed by atoms with Gasteiger partial charge in [-0.2, -0.15) is 0 Å². The second-order valence-electron chi connectivity index (χ2n) is 1.95. The lowest BCUT2D eigenvalue weighted by atomic mass is 10.6. The van der Waals surface area contributed by atoms with Crippen LogP contribution in [0.5, 0.6) is 0 Å². The second kappa shape index (κ2) is 2.05. The molecule has 1 aliphatic heterocycles. The van der Waals surface area contributed by atoms with Crippen molar-refractivity contribution in [2.45, 2.75) is 12.3 Å². The Morgan fingerprint density at radius 1 is 1.71 bits per heavy atom. The molecule has 7 heavy (non-hydrogen) atoms. The van der Waals surface area contributed by atoms with Gasteiger partial charge in [0.2, 0.25) is 0 Å². The Balaban J connectivity index is 2.33. The van der Waals surface area contributed by atoms with E-state index in [9.17, 15) is 0 Å². The van der Waals surface area contributed by atoms with Gasteiger partial charge in [0.05, 0.1) is 5.37 Å². The standard InChI is InChI=1S/C5H11NS/c1-5-6(2)3-4-7-5/h5H,3-4H2,1-2H3. The Bertz CT molecular complexity index is 57.1. The van der Waals surface area contributed by atoms with Crippen molar-refractivity contribution in [1.29, 1.82) is 0 Å². The van der Waals surface area contributed by atoms with E-state index in [4.69, 9.17) is 0 Å². The molecule has 42 valence electrons. The van der Waals surface area contributed by atoms with Crippen LogP contribution in [0.2, 0.25) is 0 Å². The van der Waals surface area contributed by atoms with Gasteiger partial charge >= 0.3 is 0 Å². The lowest BCUT2D eigenvalue weighted by Crippen LogP contribution is -2.19. The maximum Gasteiger partial charge on any atom is 0.0526 e. The molecule has 0 aliphatic carbocycles. The first-order valence-electron chi connectivity index (χ1n) is 2.62. The molecule has 0 aromatic carbocycles. The summed E-state index contributed by atoms with van der Waals surface area (Å²) in [7, 11) is 2.17. The van der Waals surface area contributed by atoms with Crippen LogP contribution in [0, 0.1) is 0 Å². The molecule has 0 aromatic rings. The molecule has 0 amide bonds. The van der Waals surface area contributed by atoms with E-state index >= 15 is 0 Å². The molecule has 0 spiro atoms. The predicted molar refractivity (Wildman–Crippen MR) is 34.5 cm³/mol. The van der Waals surface area contributed by atoms with Gasteiger partial charge < -0.3 is 0 Å². The van der Waals surface area contributed by atoms with Crippen LogP contribution in [-0.2, 0) is 0 Å². The molecule has 1 atom stereocenters. The zero-order valence-corrected chi connectivity index (χ0v) is 5.66. The molecular weight excluding hydrogens is 106 g/mol. The third-order valence-corrected chi connectivity index (χ3v) is 2.68. The summed E-state index contributed by atoms with van der Waals surface area (Å²) < 4.78 is 0. The molecule has 1 rings (SSSR count). The van der Waals surface area contributed by atoms with Crippen molar-refractivity contribution in [1.82, 2.24) is 4.90 Å². The molecule has 0 radical (unpaired) electrons. The van der Waals surface area contributed by atoms with Crippen LogP contribution in [0.15, 0.2) is 0 Å². The second-order valence-corrected chi connectivity index (χ2v) is 3.37. The van der Waals surface area contributed by atoms with Gasteiger partial charge in [0.15, 0.2) is 0 Å². The fourth-order valence-electron chi connectivity index (χ4n) is 0.676. The molecular formula is C5H11NS. The van der Waals surface area contributed by atoms with Crippen molar-refractivity contribution in [2.24, 2.45) is 0 Å². The van der Waals surface area contributed by atoms with Crippen molar-refractivity contribution in [2.75, 3.05) is 19.3 Å². The molecule has 1 unspecified atom stereocenters. The zero-order valence-electron chi connectivity index (χ0n) is 4.85. The van der Waals surface area contributed by atoms with E-state index in [1.165, 1.54) is 12.3 Å². The molecule has 1 fully saturated rings. The Morgan fingerprint density at radius 2 is 2.43 bits per heavy atom. The normalized spacial score (nSPS) is 34.3. The largest absolute Gasteiger partial charge is 0.294 e. The molecule has 1 aliphatic rings. The van der Waals surface area contributed by atoms with E-state index in [-0.39, 0.29) is 0 Å². The SMILES string of the molecule is CC1SCCN1C. The van der Waals surface area contributed by atoms with Gasteiger partial charge in [0.1, 0.15) is 0 Å². The molecule has 0 aromatic heterocycles. The first kappa shape index (κ1) is 5.45. The van der Waals surface area contributed by atoms with Gasteiger partial charge in [0.25, 0.3) is 0 Å². The first-order chi connectivity index (χ1) is 3.30. The minimum Gasteiger partial charge on any atom is -0.294 e. The van der Waals surface area contributed by atoms with Crippen LogP contribution in [0.3, 0.4) is 0 Å². The third-order valence-electron chi connectivity index (χ3n) is 1.42. The van der Waals surface area contributed by atoms with E-state index in [1.54, 1.807) is 0 Å². The number of hydrogen-bond acceptors (Lipinski definition) is 2.